The molecule has 0 radical (unpaired) electrons. The minimum Gasteiger partial charge on any atom is -0.386 e. The number of nitrogens with zero attached hydrogens (tertiary/aromatic N) is 1. The van der Waals surface area contributed by atoms with Crippen LogP contribution in [-0.2, 0) is 4.79 Å². The number of hydrogen-bond acceptors (Lipinski definition) is 5. The maximum absolute atomic E-state index is 11.7. The Bertz CT molecular complexity index is 461. The van der Waals surface area contributed by atoms with Crippen molar-refractivity contribution in [3.63, 3.8) is 0 Å². The SMILES string of the molecule is CCCCNC(=O)[C@H](N)[C@@H](O)c1ccc([N+](=O)[O-])cc1. The van der Waals surface area contributed by atoms with E-state index in [9.17, 15) is 20.0 Å². The van der Waals surface area contributed by atoms with Crippen molar-refractivity contribution in [3.8, 4) is 0 Å². The van der Waals surface area contributed by atoms with E-state index in [1.807, 2.05) is 6.92 Å². The highest BCUT2D eigenvalue weighted by molar-refractivity contribution is 5.82. The van der Waals surface area contributed by atoms with E-state index in [2.05, 4.69) is 5.32 Å². The van der Waals surface area contributed by atoms with Crippen molar-refractivity contribution in [1.29, 1.82) is 0 Å². The van der Waals surface area contributed by atoms with Crippen molar-refractivity contribution in [1.82, 2.24) is 5.32 Å². The summed E-state index contributed by atoms with van der Waals surface area (Å²) in [5.41, 5.74) is 5.96. The molecule has 0 aliphatic rings. The number of nitro groups is 1. The van der Waals surface area contributed by atoms with E-state index in [1.165, 1.54) is 24.3 Å². The first-order valence-corrected chi connectivity index (χ1v) is 6.43. The summed E-state index contributed by atoms with van der Waals surface area (Å²) in [4.78, 5) is 21.7. The highest BCUT2D eigenvalue weighted by Gasteiger charge is 2.24. The van der Waals surface area contributed by atoms with Gasteiger partial charge in [0.2, 0.25) is 5.91 Å². The molecule has 2 atom stereocenters. The molecule has 1 amide bonds. The second-order valence-electron chi connectivity index (χ2n) is 4.46. The third kappa shape index (κ3) is 4.29. The molecule has 7 heteroatoms. The van der Waals surface area contributed by atoms with Gasteiger partial charge in [-0.25, -0.2) is 0 Å². The maximum Gasteiger partial charge on any atom is 0.269 e. The summed E-state index contributed by atoms with van der Waals surface area (Å²) in [5, 5.41) is 23.1. The number of rotatable bonds is 7. The zero-order chi connectivity index (χ0) is 15.1. The van der Waals surface area contributed by atoms with Crippen LogP contribution < -0.4 is 11.1 Å². The molecule has 20 heavy (non-hydrogen) atoms. The van der Waals surface area contributed by atoms with E-state index in [0.717, 1.165) is 12.8 Å². The van der Waals surface area contributed by atoms with Gasteiger partial charge in [0.15, 0.2) is 0 Å². The van der Waals surface area contributed by atoms with Crippen molar-refractivity contribution in [2.24, 2.45) is 5.73 Å². The molecule has 0 unspecified atom stereocenters. The van der Waals surface area contributed by atoms with Crippen LogP contribution >= 0.6 is 0 Å². The summed E-state index contributed by atoms with van der Waals surface area (Å²) in [6.07, 6.45) is 0.587. The number of carbonyl (C=O) groups excluding carboxylic acids is 1. The van der Waals surface area contributed by atoms with Gasteiger partial charge in [0.25, 0.3) is 5.69 Å². The number of nitrogens with two attached hydrogens (primary N) is 1. The van der Waals surface area contributed by atoms with E-state index in [0.29, 0.717) is 12.1 Å². The summed E-state index contributed by atoms with van der Waals surface area (Å²) in [7, 11) is 0. The number of amides is 1. The molecule has 4 N–H and O–H groups in total. The number of non-ortho nitro benzene ring substituents is 1. The average molecular weight is 281 g/mol. The lowest BCUT2D eigenvalue weighted by Gasteiger charge is -2.18. The quantitative estimate of drug-likeness (QED) is 0.389. The van der Waals surface area contributed by atoms with Crippen LogP contribution in [-0.4, -0.2) is 28.5 Å². The van der Waals surface area contributed by atoms with Gasteiger partial charge in [-0.2, -0.15) is 0 Å². The Hall–Kier alpha value is -1.99. The number of aliphatic hydroxyl groups excluding tert-OH is 1. The lowest BCUT2D eigenvalue weighted by atomic mass is 10.0. The average Bonchev–Trinajstić information content (AvgIpc) is 2.46. The molecule has 1 aromatic carbocycles. The normalized spacial score (nSPS) is 13.6. The Morgan fingerprint density at radius 2 is 2.05 bits per heavy atom. The minimum atomic E-state index is -1.20. The number of hydrogen-bond donors (Lipinski definition) is 3. The zero-order valence-electron chi connectivity index (χ0n) is 11.3. The largest absolute Gasteiger partial charge is 0.386 e. The van der Waals surface area contributed by atoms with E-state index in [4.69, 9.17) is 5.73 Å². The van der Waals surface area contributed by atoms with Crippen molar-refractivity contribution >= 4 is 11.6 Å². The van der Waals surface area contributed by atoms with Crippen LogP contribution in [0.3, 0.4) is 0 Å². The first kappa shape index (κ1) is 16.1. The van der Waals surface area contributed by atoms with Crippen molar-refractivity contribution in [3.05, 3.63) is 39.9 Å². The molecule has 0 saturated heterocycles. The highest BCUT2D eigenvalue weighted by Crippen LogP contribution is 2.19. The van der Waals surface area contributed by atoms with E-state index in [1.54, 1.807) is 0 Å². The summed E-state index contributed by atoms with van der Waals surface area (Å²) >= 11 is 0. The number of nitrogens with one attached hydrogen (secondary N) is 1. The maximum atomic E-state index is 11.7. The van der Waals surface area contributed by atoms with Gasteiger partial charge in [-0.1, -0.05) is 13.3 Å². The zero-order valence-corrected chi connectivity index (χ0v) is 11.3. The van der Waals surface area contributed by atoms with Crippen molar-refractivity contribution < 1.29 is 14.8 Å². The highest BCUT2D eigenvalue weighted by atomic mass is 16.6. The van der Waals surface area contributed by atoms with Crippen LogP contribution in [0.5, 0.6) is 0 Å². The molecule has 0 saturated carbocycles. The van der Waals surface area contributed by atoms with E-state index < -0.39 is 23.0 Å². The fourth-order valence-electron chi connectivity index (χ4n) is 1.65. The molecule has 0 spiro atoms. The molecule has 0 bridgehead atoms. The van der Waals surface area contributed by atoms with Crippen LogP contribution in [0.2, 0.25) is 0 Å². The first-order valence-electron chi connectivity index (χ1n) is 6.43. The molecular formula is C13H19N3O4. The third-order valence-corrected chi connectivity index (χ3v) is 2.92. The molecule has 0 aliphatic heterocycles. The van der Waals surface area contributed by atoms with Crippen LogP contribution in [0.4, 0.5) is 5.69 Å². The smallest absolute Gasteiger partial charge is 0.269 e. The summed E-state index contributed by atoms with van der Waals surface area (Å²) in [6.45, 7) is 2.51. The topological polar surface area (TPSA) is 118 Å². The molecular weight excluding hydrogens is 262 g/mol. The number of aliphatic hydroxyl groups is 1. The molecule has 0 aliphatic carbocycles. The van der Waals surface area contributed by atoms with Crippen molar-refractivity contribution in [2.45, 2.75) is 31.9 Å². The van der Waals surface area contributed by atoms with E-state index in [-0.39, 0.29) is 5.69 Å². The van der Waals surface area contributed by atoms with Crippen LogP contribution in [0, 0.1) is 10.1 Å². The lowest BCUT2D eigenvalue weighted by molar-refractivity contribution is -0.384. The fraction of sp³-hybridized carbons (Fsp3) is 0.462. The predicted molar refractivity (Wildman–Crippen MR) is 73.9 cm³/mol. The fourth-order valence-corrected chi connectivity index (χ4v) is 1.65. The van der Waals surface area contributed by atoms with Gasteiger partial charge in [0.1, 0.15) is 12.1 Å². The van der Waals surface area contributed by atoms with Gasteiger partial charge in [-0.05, 0) is 24.1 Å². The Balaban J connectivity index is 2.65. The van der Waals surface area contributed by atoms with E-state index >= 15 is 0 Å². The lowest BCUT2D eigenvalue weighted by Crippen LogP contribution is -2.44. The van der Waals surface area contributed by atoms with Gasteiger partial charge in [0, 0.05) is 18.7 Å². The van der Waals surface area contributed by atoms with Gasteiger partial charge in [0.05, 0.1) is 4.92 Å². The Labute approximate surface area is 116 Å². The number of unbranched alkanes of at least 4 members (excludes halogenated alkanes) is 1. The third-order valence-electron chi connectivity index (χ3n) is 2.92. The molecule has 7 nitrogen and oxygen atoms in total. The Morgan fingerprint density at radius 1 is 1.45 bits per heavy atom. The number of nitro benzene ring substituents is 1. The van der Waals surface area contributed by atoms with Crippen LogP contribution in [0.1, 0.15) is 31.4 Å². The molecule has 1 rings (SSSR count). The standard InChI is InChI=1S/C13H19N3O4/c1-2-3-8-15-13(18)11(14)12(17)9-4-6-10(7-5-9)16(19)20/h4-7,11-12,17H,2-3,8,14H2,1H3,(H,15,18)/t11-,12+/m1/s1. The van der Waals surface area contributed by atoms with Crippen LogP contribution in [0.15, 0.2) is 24.3 Å². The second-order valence-corrected chi connectivity index (χ2v) is 4.46. The van der Waals surface area contributed by atoms with Gasteiger partial charge < -0.3 is 16.2 Å². The summed E-state index contributed by atoms with van der Waals surface area (Å²) in [5.74, 6) is -0.440. The number of benzene rings is 1. The Morgan fingerprint density at radius 3 is 2.55 bits per heavy atom. The molecule has 0 heterocycles. The van der Waals surface area contributed by atoms with Crippen molar-refractivity contribution in [2.75, 3.05) is 6.54 Å². The van der Waals surface area contributed by atoms with Gasteiger partial charge >= 0.3 is 0 Å². The Kier molecular flexibility index (Phi) is 6.08. The summed E-state index contributed by atoms with van der Waals surface area (Å²) < 4.78 is 0. The minimum absolute atomic E-state index is 0.0816. The summed E-state index contributed by atoms with van der Waals surface area (Å²) in [6, 6.07) is 4.21. The second kappa shape index (κ2) is 7.56. The molecule has 0 aromatic heterocycles. The van der Waals surface area contributed by atoms with Crippen LogP contribution in [0.25, 0.3) is 0 Å². The monoisotopic (exact) mass is 281 g/mol. The number of carbonyl (C=O) groups is 1. The predicted octanol–water partition coefficient (Wildman–Crippen LogP) is 0.872. The first-order chi connectivity index (χ1) is 9.47. The van der Waals surface area contributed by atoms with Gasteiger partial charge in [-0.15, -0.1) is 0 Å². The molecule has 0 fully saturated rings. The molecule has 1 aromatic rings. The van der Waals surface area contributed by atoms with Gasteiger partial charge in [-0.3, -0.25) is 14.9 Å². The molecule has 110 valence electrons.